The summed E-state index contributed by atoms with van der Waals surface area (Å²) < 4.78 is 16.3. The smallest absolute Gasteiger partial charge is 0.251 e. The summed E-state index contributed by atoms with van der Waals surface area (Å²) in [6.07, 6.45) is 3.33. The number of hydrogen-bond donors (Lipinski definition) is 2. The molecule has 1 aliphatic heterocycles. The zero-order chi connectivity index (χ0) is 18.4. The van der Waals surface area contributed by atoms with E-state index >= 15 is 0 Å². The average Bonchev–Trinajstić information content (AvgIpc) is 2.67. The van der Waals surface area contributed by atoms with E-state index in [-0.39, 0.29) is 24.8 Å². The van der Waals surface area contributed by atoms with Crippen LogP contribution >= 0.6 is 0 Å². The van der Waals surface area contributed by atoms with Gasteiger partial charge in [0.25, 0.3) is 5.91 Å². The van der Waals surface area contributed by atoms with E-state index in [1.165, 1.54) is 7.11 Å². The molecule has 0 bridgehead atoms. The Balaban J connectivity index is 1.56. The summed E-state index contributed by atoms with van der Waals surface area (Å²) in [5.41, 5.74) is 1.04. The summed E-state index contributed by atoms with van der Waals surface area (Å²) in [6.45, 7) is 1.05. The summed E-state index contributed by atoms with van der Waals surface area (Å²) >= 11 is 0. The molecular weight excluding hydrogens is 338 g/mol. The van der Waals surface area contributed by atoms with Crippen LogP contribution in [-0.4, -0.2) is 43.7 Å². The number of nitrogens with one attached hydrogen (secondary N) is 2. The Hall–Kier alpha value is -3.29. The van der Waals surface area contributed by atoms with Gasteiger partial charge in [-0.2, -0.15) is 0 Å². The van der Waals surface area contributed by atoms with Gasteiger partial charge in [-0.3, -0.25) is 14.6 Å². The molecule has 2 amide bonds. The van der Waals surface area contributed by atoms with Crippen LogP contribution in [0, 0.1) is 0 Å². The van der Waals surface area contributed by atoms with Gasteiger partial charge in [-0.25, -0.2) is 0 Å². The summed E-state index contributed by atoms with van der Waals surface area (Å²) in [6, 6.07) is 6.57. The number of benzene rings is 1. The van der Waals surface area contributed by atoms with E-state index in [2.05, 4.69) is 15.6 Å². The van der Waals surface area contributed by atoms with E-state index < -0.39 is 0 Å². The molecule has 1 aliphatic rings. The second-order valence-electron chi connectivity index (χ2n) is 5.49. The number of anilines is 1. The molecule has 2 heterocycles. The lowest BCUT2D eigenvalue weighted by Gasteiger charge is -2.21. The lowest BCUT2D eigenvalue weighted by molar-refractivity contribution is -0.116. The van der Waals surface area contributed by atoms with Gasteiger partial charge in [0.2, 0.25) is 11.7 Å². The lowest BCUT2D eigenvalue weighted by atomic mass is 10.1. The van der Waals surface area contributed by atoms with Gasteiger partial charge in [0.05, 0.1) is 7.11 Å². The fraction of sp³-hybridized carbons (Fsp3) is 0.278. The van der Waals surface area contributed by atoms with Crippen molar-refractivity contribution in [2.45, 2.75) is 6.42 Å². The van der Waals surface area contributed by atoms with Gasteiger partial charge in [0.1, 0.15) is 13.2 Å². The number of carbonyl (C=O) groups excluding carboxylic acids is 2. The highest BCUT2D eigenvalue weighted by Crippen LogP contribution is 2.40. The van der Waals surface area contributed by atoms with Crippen LogP contribution in [0.5, 0.6) is 17.2 Å². The van der Waals surface area contributed by atoms with Crippen molar-refractivity contribution in [1.29, 1.82) is 0 Å². The maximum atomic E-state index is 12.3. The Bertz CT molecular complexity index is 778. The molecule has 0 saturated heterocycles. The molecule has 0 radical (unpaired) electrons. The number of methoxy groups -OCH3 is 1. The minimum absolute atomic E-state index is 0.149. The molecule has 1 aromatic heterocycles. The molecule has 2 aromatic rings. The Labute approximate surface area is 150 Å². The Morgan fingerprint density at radius 3 is 2.73 bits per heavy atom. The number of carbonyl (C=O) groups is 2. The van der Waals surface area contributed by atoms with Gasteiger partial charge in [-0.05, 0) is 24.3 Å². The number of rotatable bonds is 6. The van der Waals surface area contributed by atoms with Crippen LogP contribution in [0.15, 0.2) is 36.7 Å². The zero-order valence-corrected chi connectivity index (χ0v) is 14.3. The van der Waals surface area contributed by atoms with Crippen molar-refractivity contribution in [2.24, 2.45) is 0 Å². The van der Waals surface area contributed by atoms with E-state index in [0.29, 0.717) is 41.7 Å². The summed E-state index contributed by atoms with van der Waals surface area (Å²) in [4.78, 5) is 28.1. The second kappa shape index (κ2) is 8.19. The van der Waals surface area contributed by atoms with Crippen molar-refractivity contribution in [2.75, 3.05) is 32.2 Å². The molecule has 2 N–H and O–H groups in total. The monoisotopic (exact) mass is 357 g/mol. The first-order chi connectivity index (χ1) is 12.7. The molecule has 26 heavy (non-hydrogen) atoms. The molecule has 0 fully saturated rings. The standard InChI is InChI=1S/C18H19N3O5/c1-24-14-10-12(11-15-17(14)26-9-8-25-15)18(23)20-7-4-16(22)21-13-2-5-19-6-3-13/h2-3,5-6,10-11H,4,7-9H2,1H3,(H,20,23)(H,19,21,22). The topological polar surface area (TPSA) is 98.8 Å². The van der Waals surface area contributed by atoms with Crippen LogP contribution in [0.2, 0.25) is 0 Å². The van der Waals surface area contributed by atoms with Crippen molar-refractivity contribution in [3.63, 3.8) is 0 Å². The van der Waals surface area contributed by atoms with Gasteiger partial charge in [-0.1, -0.05) is 0 Å². The molecular formula is C18H19N3O5. The van der Waals surface area contributed by atoms with Crippen molar-refractivity contribution in [3.8, 4) is 17.2 Å². The van der Waals surface area contributed by atoms with E-state index in [1.54, 1.807) is 36.7 Å². The molecule has 0 unspecified atom stereocenters. The maximum absolute atomic E-state index is 12.3. The Morgan fingerprint density at radius 2 is 1.96 bits per heavy atom. The van der Waals surface area contributed by atoms with Crippen molar-refractivity contribution < 1.29 is 23.8 Å². The highest BCUT2D eigenvalue weighted by atomic mass is 16.6. The highest BCUT2D eigenvalue weighted by Gasteiger charge is 2.20. The van der Waals surface area contributed by atoms with Crippen LogP contribution in [0.4, 0.5) is 5.69 Å². The van der Waals surface area contributed by atoms with Crippen LogP contribution in [-0.2, 0) is 4.79 Å². The molecule has 8 nitrogen and oxygen atoms in total. The van der Waals surface area contributed by atoms with Gasteiger partial charge in [-0.15, -0.1) is 0 Å². The normalized spacial score (nSPS) is 12.2. The summed E-state index contributed by atoms with van der Waals surface area (Å²) in [7, 11) is 1.50. The third-order valence-corrected chi connectivity index (χ3v) is 3.69. The van der Waals surface area contributed by atoms with Crippen molar-refractivity contribution in [3.05, 3.63) is 42.2 Å². The molecule has 0 aliphatic carbocycles. The first-order valence-corrected chi connectivity index (χ1v) is 8.13. The van der Waals surface area contributed by atoms with E-state index in [1.807, 2.05) is 0 Å². The predicted molar refractivity (Wildman–Crippen MR) is 93.8 cm³/mol. The largest absolute Gasteiger partial charge is 0.493 e. The lowest BCUT2D eigenvalue weighted by Crippen LogP contribution is -2.28. The van der Waals surface area contributed by atoms with Gasteiger partial charge >= 0.3 is 0 Å². The Morgan fingerprint density at radius 1 is 1.19 bits per heavy atom. The first-order valence-electron chi connectivity index (χ1n) is 8.13. The average molecular weight is 357 g/mol. The number of nitrogens with zero attached hydrogens (tertiary/aromatic N) is 1. The fourth-order valence-corrected chi connectivity index (χ4v) is 2.45. The third kappa shape index (κ3) is 4.21. The minimum atomic E-state index is -0.322. The highest BCUT2D eigenvalue weighted by molar-refractivity contribution is 5.96. The number of amides is 2. The molecule has 0 spiro atoms. The Kier molecular flexibility index (Phi) is 5.52. The van der Waals surface area contributed by atoms with Crippen molar-refractivity contribution in [1.82, 2.24) is 10.3 Å². The summed E-state index contributed by atoms with van der Waals surface area (Å²) in [5.74, 6) is 0.874. The van der Waals surface area contributed by atoms with E-state index in [0.717, 1.165) is 0 Å². The van der Waals surface area contributed by atoms with Gasteiger partial charge < -0.3 is 24.8 Å². The van der Waals surface area contributed by atoms with Crippen molar-refractivity contribution >= 4 is 17.5 Å². The number of aromatic nitrogens is 1. The predicted octanol–water partition coefficient (Wildman–Crippen LogP) is 1.62. The summed E-state index contributed by atoms with van der Waals surface area (Å²) in [5, 5.41) is 5.44. The number of ether oxygens (including phenoxy) is 3. The quantitative estimate of drug-likeness (QED) is 0.815. The fourth-order valence-electron chi connectivity index (χ4n) is 2.45. The van der Waals surface area contributed by atoms with Crippen LogP contribution in [0.25, 0.3) is 0 Å². The molecule has 3 rings (SSSR count). The molecule has 0 saturated carbocycles. The van der Waals surface area contributed by atoms with E-state index in [4.69, 9.17) is 14.2 Å². The van der Waals surface area contributed by atoms with Crippen LogP contribution in [0.3, 0.4) is 0 Å². The SMILES string of the molecule is COc1cc(C(=O)NCCC(=O)Nc2ccncc2)cc2c1OCCO2. The maximum Gasteiger partial charge on any atom is 0.251 e. The molecule has 8 heteroatoms. The molecule has 0 atom stereocenters. The second-order valence-corrected chi connectivity index (χ2v) is 5.49. The van der Waals surface area contributed by atoms with Crippen LogP contribution < -0.4 is 24.8 Å². The number of fused-ring (bicyclic) bond motifs is 1. The molecule has 136 valence electrons. The first kappa shape index (κ1) is 17.5. The van der Waals surface area contributed by atoms with E-state index in [9.17, 15) is 9.59 Å². The third-order valence-electron chi connectivity index (χ3n) is 3.69. The van der Waals surface area contributed by atoms with Gasteiger partial charge in [0.15, 0.2) is 11.5 Å². The number of pyridine rings is 1. The molecule has 1 aromatic carbocycles. The van der Waals surface area contributed by atoms with Gasteiger partial charge in [0, 0.05) is 36.6 Å². The zero-order valence-electron chi connectivity index (χ0n) is 14.3. The minimum Gasteiger partial charge on any atom is -0.493 e. The van der Waals surface area contributed by atoms with Crippen LogP contribution in [0.1, 0.15) is 16.8 Å². The number of hydrogen-bond acceptors (Lipinski definition) is 6.